The molecule has 1 N–H and O–H groups in total. The maximum Gasteiger partial charge on any atom is 0.303 e. The second-order valence-corrected chi connectivity index (χ2v) is 9.23. The molecule has 1 aromatic heterocycles. The summed E-state index contributed by atoms with van der Waals surface area (Å²) in [5.41, 5.74) is 4.04. The summed E-state index contributed by atoms with van der Waals surface area (Å²) in [6.45, 7) is -0.270. The van der Waals surface area contributed by atoms with E-state index in [-0.39, 0.29) is 12.3 Å². The van der Waals surface area contributed by atoms with Gasteiger partial charge in [-0.15, -0.1) is 0 Å². The van der Waals surface area contributed by atoms with Crippen LogP contribution in [0.3, 0.4) is 0 Å². The molecule has 0 spiro atoms. The van der Waals surface area contributed by atoms with Crippen LogP contribution >= 0.6 is 0 Å². The maximum atomic E-state index is 13.8. The molecule has 0 aliphatic rings. The number of carbonyl (C=O) groups excluding carboxylic acids is 1. The van der Waals surface area contributed by atoms with Gasteiger partial charge in [0, 0.05) is 48.9 Å². The molecule has 0 fully saturated rings. The van der Waals surface area contributed by atoms with Crippen molar-refractivity contribution < 1.29 is 20.8 Å². The maximum absolute atomic E-state index is 13.8. The second kappa shape index (κ2) is 14.5. The van der Waals surface area contributed by atoms with Crippen molar-refractivity contribution >= 4 is 11.9 Å². The molecule has 3 aromatic carbocycles. The molecule has 0 saturated carbocycles. The Morgan fingerprint density at radius 3 is 2.28 bits per heavy atom. The zero-order valence-electron chi connectivity index (χ0n) is 22.9. The van der Waals surface area contributed by atoms with Gasteiger partial charge in [-0.05, 0) is 60.7 Å². The summed E-state index contributed by atoms with van der Waals surface area (Å²) < 4.78 is 15.2. The molecule has 1 amide bonds. The normalized spacial score (nSPS) is 11.8. The molecule has 200 valence electrons. The Morgan fingerprint density at radius 1 is 0.821 bits per heavy atom. The Bertz CT molecular complexity index is 1360. The molecule has 0 saturated heterocycles. The lowest BCUT2D eigenvalue weighted by atomic mass is 10.0. The van der Waals surface area contributed by atoms with Crippen LogP contribution in [-0.2, 0) is 17.7 Å². The average molecular weight is 524 g/mol. The number of hydrogen-bond donors (Lipinski definition) is 1. The molecule has 0 bridgehead atoms. The first-order chi connectivity index (χ1) is 19.5. The molecule has 4 aromatic rings. The van der Waals surface area contributed by atoms with Gasteiger partial charge in [0.1, 0.15) is 5.75 Å². The van der Waals surface area contributed by atoms with Crippen LogP contribution in [0.2, 0.25) is 0 Å². The van der Waals surface area contributed by atoms with Crippen molar-refractivity contribution in [2.75, 3.05) is 13.2 Å². The van der Waals surface area contributed by atoms with E-state index < -0.39 is 12.5 Å². The number of benzene rings is 3. The third kappa shape index (κ3) is 8.54. The smallest absolute Gasteiger partial charge is 0.303 e. The number of rotatable bonds is 14. The van der Waals surface area contributed by atoms with E-state index in [1.165, 1.54) is 0 Å². The molecule has 1 unspecified atom stereocenters. The van der Waals surface area contributed by atoms with Gasteiger partial charge in [0.25, 0.3) is 5.91 Å². The number of nitrogens with zero attached hydrogens (tertiary/aromatic N) is 2. The van der Waals surface area contributed by atoms with E-state index in [2.05, 4.69) is 4.98 Å². The summed E-state index contributed by atoms with van der Waals surface area (Å²) in [5.74, 6) is -0.483. The summed E-state index contributed by atoms with van der Waals surface area (Å²) >= 11 is 0. The van der Waals surface area contributed by atoms with Crippen LogP contribution < -0.4 is 4.74 Å². The lowest BCUT2D eigenvalue weighted by Gasteiger charge is -2.24. The number of carbonyl (C=O) groups is 2. The van der Waals surface area contributed by atoms with Crippen LogP contribution in [0.5, 0.6) is 5.75 Å². The number of pyridine rings is 1. The van der Waals surface area contributed by atoms with Gasteiger partial charge < -0.3 is 14.7 Å². The lowest BCUT2D eigenvalue weighted by molar-refractivity contribution is -0.137. The van der Waals surface area contributed by atoms with Crippen LogP contribution in [0.15, 0.2) is 103 Å². The Labute approximate surface area is 231 Å². The highest BCUT2D eigenvalue weighted by Gasteiger charge is 2.18. The predicted octanol–water partition coefficient (Wildman–Crippen LogP) is 6.66. The number of aromatic nitrogens is 1. The minimum Gasteiger partial charge on any atom is -0.493 e. The average Bonchev–Trinajstić information content (AvgIpc) is 3.00. The molecule has 4 rings (SSSR count). The van der Waals surface area contributed by atoms with Crippen LogP contribution in [0.25, 0.3) is 11.1 Å². The topological polar surface area (TPSA) is 79.7 Å². The largest absolute Gasteiger partial charge is 0.493 e. The van der Waals surface area contributed by atoms with Gasteiger partial charge in [-0.3, -0.25) is 14.6 Å². The van der Waals surface area contributed by atoms with Gasteiger partial charge >= 0.3 is 5.97 Å². The molecular weight excluding hydrogens is 488 g/mol. The first kappa shape index (κ1) is 26.2. The van der Waals surface area contributed by atoms with Crippen LogP contribution in [-0.4, -0.2) is 40.0 Å². The van der Waals surface area contributed by atoms with E-state index in [0.29, 0.717) is 49.3 Å². The zero-order valence-corrected chi connectivity index (χ0v) is 21.9. The highest BCUT2D eigenvalue weighted by atomic mass is 16.5. The number of carboxylic acids is 1. The van der Waals surface area contributed by atoms with Gasteiger partial charge in [0.05, 0.1) is 7.98 Å². The number of hydrogen-bond acceptors (Lipinski definition) is 4. The molecule has 0 aliphatic heterocycles. The Kier molecular flexibility index (Phi) is 9.71. The molecule has 39 heavy (non-hydrogen) atoms. The zero-order chi connectivity index (χ0) is 28.2. The van der Waals surface area contributed by atoms with Crippen molar-refractivity contribution in [2.45, 2.75) is 38.6 Å². The lowest BCUT2D eigenvalue weighted by Crippen LogP contribution is -2.32. The van der Waals surface area contributed by atoms with Gasteiger partial charge in [-0.1, -0.05) is 66.7 Å². The van der Waals surface area contributed by atoms with E-state index in [1.807, 2.05) is 97.1 Å². The van der Waals surface area contributed by atoms with Crippen LogP contribution in [0.1, 0.15) is 48.7 Å². The molecule has 6 nitrogen and oxygen atoms in total. The van der Waals surface area contributed by atoms with Gasteiger partial charge in [-0.25, -0.2) is 0 Å². The third-order valence-electron chi connectivity index (χ3n) is 6.34. The summed E-state index contributed by atoms with van der Waals surface area (Å²) in [6.07, 6.45) is 4.43. The standard InChI is InChI=1S/C33H34N2O4/c36-32(37)16-5-2-10-24-39-31-15-7-6-13-29(31)25-35(23-21-30-14-8-9-22-34-30)33(38)28-19-17-27(18-20-28)26-11-3-1-4-12-26/h1,3-4,6-9,11-15,17-20,22H,2,5,10,16,21,23-25H2,(H,36,37)/i25D. The Morgan fingerprint density at radius 2 is 1.54 bits per heavy atom. The first-order valence-corrected chi connectivity index (χ1v) is 13.2. The van der Waals surface area contributed by atoms with E-state index in [0.717, 1.165) is 23.2 Å². The fourth-order valence-electron chi connectivity index (χ4n) is 4.23. The first-order valence-electron chi connectivity index (χ1n) is 13.8. The van der Waals surface area contributed by atoms with Crippen molar-refractivity contribution in [1.29, 1.82) is 0 Å². The Hall–Kier alpha value is -4.45. The van der Waals surface area contributed by atoms with Gasteiger partial charge in [-0.2, -0.15) is 0 Å². The highest BCUT2D eigenvalue weighted by molar-refractivity contribution is 5.94. The Balaban J connectivity index is 1.52. The summed E-state index contributed by atoms with van der Waals surface area (Å²) in [7, 11) is 0. The van der Waals surface area contributed by atoms with E-state index in [1.54, 1.807) is 11.1 Å². The van der Waals surface area contributed by atoms with Gasteiger partial charge in [0.15, 0.2) is 0 Å². The minimum absolute atomic E-state index is 0.144. The van der Waals surface area contributed by atoms with Crippen LogP contribution in [0, 0.1) is 0 Å². The summed E-state index contributed by atoms with van der Waals surface area (Å²) in [4.78, 5) is 30.5. The molecule has 6 heteroatoms. The number of para-hydroxylation sites is 1. The van der Waals surface area contributed by atoms with E-state index >= 15 is 0 Å². The van der Waals surface area contributed by atoms with Crippen molar-refractivity contribution in [1.82, 2.24) is 9.88 Å². The summed E-state index contributed by atoms with van der Waals surface area (Å²) in [5, 5.41) is 8.82. The number of unbranched alkanes of at least 4 members (excludes halogenated alkanes) is 2. The minimum atomic E-state index is -0.992. The van der Waals surface area contributed by atoms with Crippen LogP contribution in [0.4, 0.5) is 0 Å². The summed E-state index contributed by atoms with van der Waals surface area (Å²) in [6, 6.07) is 30.5. The molecular formula is C33H34N2O4. The SMILES string of the molecule is [2H]C(c1ccccc1OCCCCCC(=O)O)N(CCc1ccccn1)C(=O)c1ccc(-c2ccccc2)cc1. The molecule has 0 aliphatic carbocycles. The van der Waals surface area contributed by atoms with Crippen molar-refractivity contribution in [3.63, 3.8) is 0 Å². The monoisotopic (exact) mass is 523 g/mol. The van der Waals surface area contributed by atoms with Gasteiger partial charge in [0.2, 0.25) is 0 Å². The molecule has 0 radical (unpaired) electrons. The number of ether oxygens (including phenoxy) is 1. The number of aliphatic carboxylic acids is 1. The van der Waals surface area contributed by atoms with Crippen molar-refractivity contribution in [2.24, 2.45) is 0 Å². The van der Waals surface area contributed by atoms with E-state index in [9.17, 15) is 9.59 Å². The van der Waals surface area contributed by atoms with E-state index in [4.69, 9.17) is 11.2 Å². The predicted molar refractivity (Wildman–Crippen MR) is 153 cm³/mol. The fourth-order valence-corrected chi connectivity index (χ4v) is 4.23. The highest BCUT2D eigenvalue weighted by Crippen LogP contribution is 2.23. The molecule has 1 heterocycles. The number of carboxylic acid groups (broad SMARTS) is 1. The third-order valence-corrected chi connectivity index (χ3v) is 6.34. The quantitative estimate of drug-likeness (QED) is 0.187. The number of amides is 1. The second-order valence-electron chi connectivity index (χ2n) is 9.23. The fraction of sp³-hybridized carbons (Fsp3) is 0.242. The molecule has 1 atom stereocenters. The van der Waals surface area contributed by atoms with Crippen molar-refractivity contribution in [3.8, 4) is 16.9 Å². The van der Waals surface area contributed by atoms with Crippen molar-refractivity contribution in [3.05, 3.63) is 120 Å².